The number of carbonyl (C=O) groups excluding carboxylic acids is 1. The van der Waals surface area contributed by atoms with Crippen LogP contribution in [0.3, 0.4) is 0 Å². The minimum absolute atomic E-state index is 0.138. The van der Waals surface area contributed by atoms with Crippen LogP contribution in [0.5, 0.6) is 11.5 Å². The lowest BCUT2D eigenvalue weighted by atomic mass is 10.1. The molecule has 0 atom stereocenters. The number of anilines is 2. The maximum atomic E-state index is 12.7. The van der Waals surface area contributed by atoms with E-state index in [-0.39, 0.29) is 18.3 Å². The zero-order chi connectivity index (χ0) is 25.5. The van der Waals surface area contributed by atoms with Crippen LogP contribution in [-0.2, 0) is 4.79 Å². The van der Waals surface area contributed by atoms with Gasteiger partial charge in [0.25, 0.3) is 5.91 Å². The fourth-order valence-corrected chi connectivity index (χ4v) is 3.31. The van der Waals surface area contributed by atoms with Crippen molar-refractivity contribution in [3.63, 3.8) is 0 Å². The number of aromatic nitrogens is 4. The van der Waals surface area contributed by atoms with Crippen LogP contribution in [0, 0.1) is 0 Å². The van der Waals surface area contributed by atoms with Crippen LogP contribution in [0.2, 0.25) is 0 Å². The molecule has 0 aliphatic rings. The molecule has 3 N–H and O–H groups in total. The van der Waals surface area contributed by atoms with Gasteiger partial charge in [-0.1, -0.05) is 25.5 Å². The van der Waals surface area contributed by atoms with Crippen molar-refractivity contribution in [3.05, 3.63) is 54.9 Å². The summed E-state index contributed by atoms with van der Waals surface area (Å²) in [5, 5.41) is 12.7. The first-order valence-electron chi connectivity index (χ1n) is 11.1. The number of H-pyrrole nitrogens is 1. The Kier molecular flexibility index (Phi) is 7.52. The molecule has 0 saturated carbocycles. The van der Waals surface area contributed by atoms with Gasteiger partial charge in [0.1, 0.15) is 17.3 Å². The summed E-state index contributed by atoms with van der Waals surface area (Å²) in [4.78, 5) is 21.0. The molecular weight excluding hydrogens is 477 g/mol. The molecule has 4 aromatic rings. The highest BCUT2D eigenvalue weighted by Crippen LogP contribution is 2.32. The lowest BCUT2D eigenvalue weighted by Gasteiger charge is -2.13. The average molecular weight is 500 g/mol. The summed E-state index contributed by atoms with van der Waals surface area (Å²) in [7, 11) is 0. The number of nitrogens with one attached hydrogen (secondary N) is 3. The van der Waals surface area contributed by atoms with Gasteiger partial charge in [-0.25, -0.2) is 9.97 Å². The second kappa shape index (κ2) is 10.9. The third kappa shape index (κ3) is 6.62. The molecule has 0 spiro atoms. The Morgan fingerprint density at radius 1 is 1.11 bits per heavy atom. The van der Waals surface area contributed by atoms with E-state index in [1.807, 2.05) is 6.92 Å². The van der Waals surface area contributed by atoms with E-state index >= 15 is 0 Å². The van der Waals surface area contributed by atoms with Gasteiger partial charge >= 0.3 is 6.36 Å². The number of unbranched alkanes of at least 4 members (excludes halogenated alkanes) is 1. The SMILES string of the molecule is CCCCNC(=O)COc1cccc(-c2nc(Nc3cn[nH]c3)c3cc(OC(F)(F)F)ccc3n2)c1. The molecule has 12 heteroatoms. The van der Waals surface area contributed by atoms with Crippen LogP contribution in [-0.4, -0.2) is 45.6 Å². The first kappa shape index (κ1) is 24.8. The molecular formula is C24H23F3N6O3. The highest BCUT2D eigenvalue weighted by Gasteiger charge is 2.31. The highest BCUT2D eigenvalue weighted by atomic mass is 19.4. The van der Waals surface area contributed by atoms with E-state index < -0.39 is 12.1 Å². The third-order valence-corrected chi connectivity index (χ3v) is 4.98. The van der Waals surface area contributed by atoms with E-state index in [2.05, 4.69) is 35.5 Å². The van der Waals surface area contributed by atoms with E-state index in [9.17, 15) is 18.0 Å². The molecule has 36 heavy (non-hydrogen) atoms. The Morgan fingerprint density at radius 2 is 1.97 bits per heavy atom. The molecule has 188 valence electrons. The van der Waals surface area contributed by atoms with Crippen molar-refractivity contribution in [2.75, 3.05) is 18.5 Å². The Hall–Kier alpha value is -4.35. The van der Waals surface area contributed by atoms with Gasteiger partial charge in [-0.2, -0.15) is 5.10 Å². The molecule has 2 aromatic carbocycles. The number of ether oxygens (including phenoxy) is 2. The number of benzene rings is 2. The number of fused-ring (bicyclic) bond motifs is 1. The van der Waals surface area contributed by atoms with Gasteiger partial charge in [-0.15, -0.1) is 13.2 Å². The molecule has 2 aromatic heterocycles. The zero-order valence-corrected chi connectivity index (χ0v) is 19.2. The van der Waals surface area contributed by atoms with Crippen LogP contribution in [0.25, 0.3) is 22.3 Å². The number of amides is 1. The number of rotatable bonds is 10. The lowest BCUT2D eigenvalue weighted by molar-refractivity contribution is -0.274. The minimum Gasteiger partial charge on any atom is -0.484 e. The summed E-state index contributed by atoms with van der Waals surface area (Å²) >= 11 is 0. The predicted octanol–water partition coefficient (Wildman–Crippen LogP) is 4.96. The first-order valence-corrected chi connectivity index (χ1v) is 11.1. The van der Waals surface area contributed by atoms with Crippen LogP contribution < -0.4 is 20.1 Å². The normalized spacial score (nSPS) is 11.3. The maximum absolute atomic E-state index is 12.7. The number of hydrogen-bond acceptors (Lipinski definition) is 7. The largest absolute Gasteiger partial charge is 0.573 e. The average Bonchev–Trinajstić information content (AvgIpc) is 3.35. The van der Waals surface area contributed by atoms with E-state index in [1.165, 1.54) is 24.4 Å². The topological polar surface area (TPSA) is 114 Å². The van der Waals surface area contributed by atoms with Crippen molar-refractivity contribution in [2.45, 2.75) is 26.1 Å². The van der Waals surface area contributed by atoms with Gasteiger partial charge in [-0.05, 0) is 36.8 Å². The Morgan fingerprint density at radius 3 is 2.72 bits per heavy atom. The molecule has 0 bridgehead atoms. The smallest absolute Gasteiger partial charge is 0.484 e. The van der Waals surface area contributed by atoms with E-state index in [1.54, 1.807) is 30.5 Å². The van der Waals surface area contributed by atoms with Crippen molar-refractivity contribution in [2.24, 2.45) is 0 Å². The molecule has 0 radical (unpaired) electrons. The molecule has 0 saturated heterocycles. The lowest BCUT2D eigenvalue weighted by Crippen LogP contribution is -2.29. The summed E-state index contributed by atoms with van der Waals surface area (Å²) in [6, 6.07) is 10.7. The fourth-order valence-electron chi connectivity index (χ4n) is 3.31. The number of carbonyl (C=O) groups is 1. The summed E-state index contributed by atoms with van der Waals surface area (Å²) in [5.74, 6) is 0.384. The minimum atomic E-state index is -4.83. The Labute approximate surface area is 204 Å². The number of halogens is 3. The van der Waals surface area contributed by atoms with E-state index in [0.717, 1.165) is 12.8 Å². The van der Waals surface area contributed by atoms with Gasteiger partial charge in [0.2, 0.25) is 0 Å². The fraction of sp³-hybridized carbons (Fsp3) is 0.250. The van der Waals surface area contributed by atoms with Crippen LogP contribution >= 0.6 is 0 Å². The standard InChI is InChI=1S/C24H23F3N6O3/c1-2-3-9-28-21(34)14-35-17-6-4-5-15(10-17)22-32-20-8-7-18(36-24(25,26)27)11-19(20)23(33-22)31-16-12-29-30-13-16/h4-8,10-13H,2-3,9,14H2,1H3,(H,28,34)(H,29,30)(H,31,32,33). The van der Waals surface area contributed by atoms with Gasteiger partial charge in [0.15, 0.2) is 12.4 Å². The number of hydrogen-bond donors (Lipinski definition) is 3. The van der Waals surface area contributed by atoms with Crippen molar-refractivity contribution in [3.8, 4) is 22.9 Å². The van der Waals surface area contributed by atoms with Crippen molar-refractivity contribution >= 4 is 28.3 Å². The van der Waals surface area contributed by atoms with Crippen LogP contribution in [0.15, 0.2) is 54.9 Å². The van der Waals surface area contributed by atoms with Gasteiger partial charge in [-0.3, -0.25) is 9.89 Å². The van der Waals surface area contributed by atoms with E-state index in [0.29, 0.717) is 40.3 Å². The second-order valence-electron chi connectivity index (χ2n) is 7.75. The molecule has 1 amide bonds. The molecule has 0 aliphatic carbocycles. The second-order valence-corrected chi connectivity index (χ2v) is 7.75. The number of nitrogens with zero attached hydrogens (tertiary/aromatic N) is 3. The third-order valence-electron chi connectivity index (χ3n) is 4.98. The predicted molar refractivity (Wildman–Crippen MR) is 127 cm³/mol. The molecule has 0 aliphatic heterocycles. The molecule has 9 nitrogen and oxygen atoms in total. The summed E-state index contributed by atoms with van der Waals surface area (Å²) in [6.45, 7) is 2.49. The van der Waals surface area contributed by atoms with E-state index in [4.69, 9.17) is 4.74 Å². The number of aromatic amines is 1. The number of alkyl halides is 3. The highest BCUT2D eigenvalue weighted by molar-refractivity contribution is 5.93. The zero-order valence-electron chi connectivity index (χ0n) is 19.2. The molecule has 0 fully saturated rings. The summed E-state index contributed by atoms with van der Waals surface area (Å²) in [5.41, 5.74) is 1.53. The van der Waals surface area contributed by atoms with Crippen molar-refractivity contribution in [1.82, 2.24) is 25.5 Å². The quantitative estimate of drug-likeness (QED) is 0.264. The van der Waals surface area contributed by atoms with Gasteiger partial charge in [0, 0.05) is 23.7 Å². The van der Waals surface area contributed by atoms with Crippen molar-refractivity contribution in [1.29, 1.82) is 0 Å². The first-order chi connectivity index (χ1) is 17.3. The van der Waals surface area contributed by atoms with Crippen LogP contribution in [0.1, 0.15) is 19.8 Å². The molecule has 2 heterocycles. The van der Waals surface area contributed by atoms with Gasteiger partial charge in [0.05, 0.1) is 17.4 Å². The van der Waals surface area contributed by atoms with Crippen molar-refractivity contribution < 1.29 is 27.4 Å². The Balaban J connectivity index is 1.63. The van der Waals surface area contributed by atoms with Gasteiger partial charge < -0.3 is 20.1 Å². The Bertz CT molecular complexity index is 1330. The molecule has 4 rings (SSSR count). The maximum Gasteiger partial charge on any atom is 0.573 e. The summed E-state index contributed by atoms with van der Waals surface area (Å²) in [6.07, 6.45) is 0.107. The monoisotopic (exact) mass is 500 g/mol. The molecule has 0 unspecified atom stereocenters. The summed E-state index contributed by atoms with van der Waals surface area (Å²) < 4.78 is 47.9. The van der Waals surface area contributed by atoms with Crippen LogP contribution in [0.4, 0.5) is 24.7 Å².